The number of benzene rings is 2. The molecule has 0 radical (unpaired) electrons. The van der Waals surface area contributed by atoms with E-state index in [1.165, 1.54) is 14.2 Å². The van der Waals surface area contributed by atoms with Crippen molar-refractivity contribution in [3.63, 3.8) is 0 Å². The SMILES string of the molecule is CCCC1CN(C(=O)/C=C/c2ccc(C#N)cc2)CCN1c1nc(N)c2cc(OC)c(OC)c(F)c2n1. The summed E-state index contributed by atoms with van der Waals surface area (Å²) in [5, 5.41) is 9.28. The zero-order valence-corrected chi connectivity index (χ0v) is 21.1. The summed E-state index contributed by atoms with van der Waals surface area (Å²) in [4.78, 5) is 25.7. The van der Waals surface area contributed by atoms with Crippen molar-refractivity contribution in [1.82, 2.24) is 14.9 Å². The van der Waals surface area contributed by atoms with Gasteiger partial charge in [0.2, 0.25) is 11.9 Å². The standard InChI is InChI=1S/C27H29FN6O3/c1-4-5-19-16-33(22(35)11-10-17-6-8-18(15-29)9-7-17)12-13-34(19)27-31-24-20(26(30)32-27)14-21(36-2)25(37-3)23(24)28/h6-11,14,19H,4-5,12-13,16H2,1-3H3,(H2,30,31,32)/b11-10+. The van der Waals surface area contributed by atoms with Crippen LogP contribution in [-0.2, 0) is 4.79 Å². The molecule has 1 unspecified atom stereocenters. The summed E-state index contributed by atoms with van der Waals surface area (Å²) in [5.41, 5.74) is 7.68. The Balaban J connectivity index is 1.58. The number of carbonyl (C=O) groups excluding carboxylic acids is 1. The Morgan fingerprint density at radius 3 is 2.65 bits per heavy atom. The fourth-order valence-electron chi connectivity index (χ4n) is 4.51. The number of nitrogen functional groups attached to an aromatic ring is 1. The van der Waals surface area contributed by atoms with Crippen molar-refractivity contribution >= 4 is 34.7 Å². The molecular formula is C27H29FN6O3. The highest BCUT2D eigenvalue weighted by atomic mass is 19.1. The molecule has 2 aromatic carbocycles. The Kier molecular flexibility index (Phi) is 7.72. The van der Waals surface area contributed by atoms with Gasteiger partial charge in [0.05, 0.1) is 25.9 Å². The lowest BCUT2D eigenvalue weighted by atomic mass is 10.1. The van der Waals surface area contributed by atoms with Gasteiger partial charge >= 0.3 is 0 Å². The van der Waals surface area contributed by atoms with Gasteiger partial charge < -0.3 is 25.0 Å². The van der Waals surface area contributed by atoms with Crippen molar-refractivity contribution < 1.29 is 18.7 Å². The number of nitriles is 1. The summed E-state index contributed by atoms with van der Waals surface area (Å²) < 4.78 is 25.7. The van der Waals surface area contributed by atoms with Crippen LogP contribution in [0.25, 0.3) is 17.0 Å². The van der Waals surface area contributed by atoms with E-state index >= 15 is 4.39 Å². The summed E-state index contributed by atoms with van der Waals surface area (Å²) in [6.45, 7) is 3.46. The average molecular weight is 505 g/mol. The third-order valence-electron chi connectivity index (χ3n) is 6.43. The van der Waals surface area contributed by atoms with Gasteiger partial charge in [0.1, 0.15) is 11.3 Å². The van der Waals surface area contributed by atoms with E-state index in [1.54, 1.807) is 47.4 Å². The smallest absolute Gasteiger partial charge is 0.246 e. The monoisotopic (exact) mass is 504 g/mol. The second-order valence-corrected chi connectivity index (χ2v) is 8.72. The third-order valence-corrected chi connectivity index (χ3v) is 6.43. The molecule has 0 spiro atoms. The van der Waals surface area contributed by atoms with Crippen molar-refractivity contribution in [2.24, 2.45) is 0 Å². The van der Waals surface area contributed by atoms with E-state index in [1.807, 2.05) is 4.90 Å². The number of amides is 1. The molecule has 9 nitrogen and oxygen atoms in total. The van der Waals surface area contributed by atoms with Gasteiger partial charge in [-0.3, -0.25) is 4.79 Å². The zero-order valence-electron chi connectivity index (χ0n) is 21.1. The van der Waals surface area contributed by atoms with Gasteiger partial charge in [-0.1, -0.05) is 25.5 Å². The molecule has 1 amide bonds. The van der Waals surface area contributed by atoms with Crippen LogP contribution in [0, 0.1) is 17.1 Å². The number of methoxy groups -OCH3 is 2. The topological polar surface area (TPSA) is 118 Å². The average Bonchev–Trinajstić information content (AvgIpc) is 2.92. The molecule has 2 N–H and O–H groups in total. The Morgan fingerprint density at radius 2 is 2.00 bits per heavy atom. The first-order valence-electron chi connectivity index (χ1n) is 12.0. The van der Waals surface area contributed by atoms with Gasteiger partial charge in [-0.05, 0) is 36.3 Å². The van der Waals surface area contributed by atoms with Crippen molar-refractivity contribution in [3.8, 4) is 17.6 Å². The van der Waals surface area contributed by atoms with Gasteiger partial charge in [-0.25, -0.2) is 9.37 Å². The van der Waals surface area contributed by atoms with Crippen LogP contribution in [0.4, 0.5) is 16.2 Å². The first-order chi connectivity index (χ1) is 17.9. The summed E-state index contributed by atoms with van der Waals surface area (Å²) >= 11 is 0. The highest BCUT2D eigenvalue weighted by Gasteiger charge is 2.31. The summed E-state index contributed by atoms with van der Waals surface area (Å²) in [6.07, 6.45) is 4.95. The largest absolute Gasteiger partial charge is 0.493 e. The number of halogens is 1. The number of rotatable bonds is 7. The Hall–Kier alpha value is -4.39. The Labute approximate surface area is 214 Å². The summed E-state index contributed by atoms with van der Waals surface area (Å²) in [7, 11) is 2.78. The maximum Gasteiger partial charge on any atom is 0.246 e. The molecule has 10 heteroatoms. The molecule has 4 rings (SSSR count). The van der Waals surface area contributed by atoms with Gasteiger partial charge in [-0.15, -0.1) is 0 Å². The van der Waals surface area contributed by atoms with Gasteiger partial charge in [0.15, 0.2) is 17.3 Å². The second kappa shape index (κ2) is 11.1. The lowest BCUT2D eigenvalue weighted by Crippen LogP contribution is -2.55. The number of anilines is 2. The Morgan fingerprint density at radius 1 is 1.24 bits per heavy atom. The van der Waals surface area contributed by atoms with E-state index in [0.29, 0.717) is 36.5 Å². The number of piperazine rings is 1. The fraction of sp³-hybridized carbons (Fsp3) is 0.333. The van der Waals surface area contributed by atoms with Crippen LogP contribution in [-0.4, -0.2) is 60.7 Å². The number of fused-ring (bicyclic) bond motifs is 1. The first-order valence-corrected chi connectivity index (χ1v) is 12.0. The predicted octanol–water partition coefficient (Wildman–Crippen LogP) is 3.77. The van der Waals surface area contributed by atoms with E-state index in [9.17, 15) is 4.79 Å². The minimum absolute atomic E-state index is 0.0476. The fourth-order valence-corrected chi connectivity index (χ4v) is 4.51. The van der Waals surface area contributed by atoms with Gasteiger partial charge in [0.25, 0.3) is 0 Å². The zero-order chi connectivity index (χ0) is 26.5. The Bertz CT molecular complexity index is 1370. The molecule has 1 fully saturated rings. The lowest BCUT2D eigenvalue weighted by Gasteiger charge is -2.41. The van der Waals surface area contributed by atoms with Crippen molar-refractivity contribution in [3.05, 3.63) is 53.4 Å². The summed E-state index contributed by atoms with van der Waals surface area (Å²) in [5.74, 6) is -0.157. The molecule has 0 saturated carbocycles. The molecule has 2 heterocycles. The highest BCUT2D eigenvalue weighted by molar-refractivity contribution is 5.93. The minimum Gasteiger partial charge on any atom is -0.493 e. The molecule has 1 aromatic heterocycles. The van der Waals surface area contributed by atoms with Crippen LogP contribution < -0.4 is 20.1 Å². The quantitative estimate of drug-likeness (QED) is 0.483. The van der Waals surface area contributed by atoms with Crippen LogP contribution in [0.15, 0.2) is 36.4 Å². The van der Waals surface area contributed by atoms with E-state index in [-0.39, 0.29) is 34.8 Å². The molecule has 0 aliphatic carbocycles. The van der Waals surface area contributed by atoms with Crippen LogP contribution in [0.5, 0.6) is 11.5 Å². The van der Waals surface area contributed by atoms with Crippen LogP contribution in [0.1, 0.15) is 30.9 Å². The minimum atomic E-state index is -0.666. The highest BCUT2D eigenvalue weighted by Crippen LogP contribution is 2.38. The summed E-state index contributed by atoms with van der Waals surface area (Å²) in [6, 6.07) is 10.6. The van der Waals surface area contributed by atoms with Gasteiger partial charge in [0, 0.05) is 37.1 Å². The van der Waals surface area contributed by atoms with Gasteiger partial charge in [-0.2, -0.15) is 10.2 Å². The predicted molar refractivity (Wildman–Crippen MR) is 140 cm³/mol. The molecule has 37 heavy (non-hydrogen) atoms. The lowest BCUT2D eigenvalue weighted by molar-refractivity contribution is -0.126. The van der Waals surface area contributed by atoms with E-state index in [2.05, 4.69) is 23.0 Å². The molecule has 192 valence electrons. The van der Waals surface area contributed by atoms with Crippen molar-refractivity contribution in [2.45, 2.75) is 25.8 Å². The molecule has 3 aromatic rings. The first kappa shape index (κ1) is 25.7. The van der Waals surface area contributed by atoms with Crippen LogP contribution >= 0.6 is 0 Å². The van der Waals surface area contributed by atoms with E-state index in [4.69, 9.17) is 20.5 Å². The molecule has 1 saturated heterocycles. The molecule has 0 bridgehead atoms. The van der Waals surface area contributed by atoms with Crippen LogP contribution in [0.3, 0.4) is 0 Å². The van der Waals surface area contributed by atoms with E-state index < -0.39 is 5.82 Å². The normalized spacial score (nSPS) is 15.7. The number of carbonyl (C=O) groups is 1. The number of nitrogens with two attached hydrogens (primary N) is 1. The second-order valence-electron chi connectivity index (χ2n) is 8.72. The van der Waals surface area contributed by atoms with Crippen molar-refractivity contribution in [1.29, 1.82) is 5.26 Å². The number of hydrogen-bond acceptors (Lipinski definition) is 8. The number of ether oxygens (including phenoxy) is 2. The maximum atomic E-state index is 15.3. The number of nitrogens with zero attached hydrogens (tertiary/aromatic N) is 5. The number of aromatic nitrogens is 2. The van der Waals surface area contributed by atoms with Crippen molar-refractivity contribution in [2.75, 3.05) is 44.5 Å². The molecular weight excluding hydrogens is 475 g/mol. The third kappa shape index (κ3) is 5.26. The molecule has 1 atom stereocenters. The maximum absolute atomic E-state index is 15.3. The number of hydrogen-bond donors (Lipinski definition) is 1. The van der Waals surface area contributed by atoms with E-state index in [0.717, 1.165) is 18.4 Å². The van der Waals surface area contributed by atoms with Crippen LogP contribution in [0.2, 0.25) is 0 Å². The molecule has 1 aliphatic rings. The molecule has 1 aliphatic heterocycles.